The number of fused-ring (bicyclic) bond motifs is 1. The van der Waals surface area contributed by atoms with Crippen molar-refractivity contribution in [1.29, 1.82) is 0 Å². The molecule has 0 spiro atoms. The highest BCUT2D eigenvalue weighted by atomic mass is 16.5. The van der Waals surface area contributed by atoms with Gasteiger partial charge < -0.3 is 14.8 Å². The monoisotopic (exact) mass is 286 g/mol. The van der Waals surface area contributed by atoms with E-state index in [9.17, 15) is 0 Å². The SMILES string of the molecule is CCCNC1CCOCC1Oc1cccc2cccnc12. The Labute approximate surface area is 125 Å². The molecule has 0 aliphatic carbocycles. The summed E-state index contributed by atoms with van der Waals surface area (Å²) < 4.78 is 11.8. The summed E-state index contributed by atoms with van der Waals surface area (Å²) in [7, 11) is 0. The number of para-hydroxylation sites is 1. The number of ether oxygens (including phenoxy) is 2. The summed E-state index contributed by atoms with van der Waals surface area (Å²) in [6.07, 6.45) is 3.96. The number of aromatic nitrogens is 1. The van der Waals surface area contributed by atoms with Crippen molar-refractivity contribution < 1.29 is 9.47 Å². The number of nitrogens with zero attached hydrogens (tertiary/aromatic N) is 1. The second kappa shape index (κ2) is 6.87. The van der Waals surface area contributed by atoms with Gasteiger partial charge in [-0.2, -0.15) is 0 Å². The molecule has 2 heterocycles. The summed E-state index contributed by atoms with van der Waals surface area (Å²) in [5.74, 6) is 0.840. The number of nitrogens with one attached hydrogen (secondary N) is 1. The van der Waals surface area contributed by atoms with E-state index in [0.29, 0.717) is 12.6 Å². The predicted octanol–water partition coefficient (Wildman–Crippen LogP) is 2.77. The Kier molecular flexibility index (Phi) is 4.68. The minimum Gasteiger partial charge on any atom is -0.484 e. The van der Waals surface area contributed by atoms with Crippen molar-refractivity contribution >= 4 is 10.9 Å². The van der Waals surface area contributed by atoms with Crippen molar-refractivity contribution in [1.82, 2.24) is 10.3 Å². The minimum absolute atomic E-state index is 0.0397. The zero-order chi connectivity index (χ0) is 14.5. The van der Waals surface area contributed by atoms with Gasteiger partial charge >= 0.3 is 0 Å². The van der Waals surface area contributed by atoms with Crippen molar-refractivity contribution in [3.05, 3.63) is 36.5 Å². The predicted molar refractivity (Wildman–Crippen MR) is 83.7 cm³/mol. The second-order valence-electron chi connectivity index (χ2n) is 5.41. The van der Waals surface area contributed by atoms with Crippen molar-refractivity contribution in [2.24, 2.45) is 0 Å². The molecule has 1 fully saturated rings. The molecule has 1 aliphatic rings. The Balaban J connectivity index is 1.79. The highest BCUT2D eigenvalue weighted by Crippen LogP contribution is 2.25. The Morgan fingerprint density at radius 2 is 2.24 bits per heavy atom. The summed E-state index contributed by atoms with van der Waals surface area (Å²) >= 11 is 0. The molecule has 2 unspecified atom stereocenters. The smallest absolute Gasteiger partial charge is 0.146 e. The molecule has 2 atom stereocenters. The maximum Gasteiger partial charge on any atom is 0.146 e. The number of rotatable bonds is 5. The molecule has 1 aromatic carbocycles. The lowest BCUT2D eigenvalue weighted by molar-refractivity contribution is -0.0140. The van der Waals surface area contributed by atoms with Crippen molar-refractivity contribution in [3.63, 3.8) is 0 Å². The fourth-order valence-corrected chi connectivity index (χ4v) is 2.73. The van der Waals surface area contributed by atoms with Crippen LogP contribution in [0.25, 0.3) is 10.9 Å². The van der Waals surface area contributed by atoms with E-state index in [4.69, 9.17) is 9.47 Å². The van der Waals surface area contributed by atoms with E-state index in [1.54, 1.807) is 6.20 Å². The van der Waals surface area contributed by atoms with Crippen LogP contribution in [0, 0.1) is 0 Å². The highest BCUT2D eigenvalue weighted by Gasteiger charge is 2.27. The van der Waals surface area contributed by atoms with Gasteiger partial charge in [-0.05, 0) is 31.5 Å². The maximum absolute atomic E-state index is 6.23. The normalized spacial score (nSPS) is 22.3. The number of pyridine rings is 1. The molecule has 0 amide bonds. The highest BCUT2D eigenvalue weighted by molar-refractivity contribution is 5.84. The average molecular weight is 286 g/mol. The summed E-state index contributed by atoms with van der Waals surface area (Å²) in [5.41, 5.74) is 0.916. The molecular weight excluding hydrogens is 264 g/mol. The number of hydrogen-bond donors (Lipinski definition) is 1. The molecule has 2 aromatic rings. The third-order valence-electron chi connectivity index (χ3n) is 3.83. The van der Waals surface area contributed by atoms with E-state index in [0.717, 1.165) is 42.6 Å². The van der Waals surface area contributed by atoms with Crippen LogP contribution in [0.15, 0.2) is 36.5 Å². The third-order valence-corrected chi connectivity index (χ3v) is 3.83. The first-order valence-electron chi connectivity index (χ1n) is 7.70. The standard InChI is InChI=1S/C17H22N2O2/c1-2-9-18-14-8-11-20-12-16(14)21-15-7-3-5-13-6-4-10-19-17(13)15/h3-7,10,14,16,18H,2,8-9,11-12H2,1H3. The van der Waals surface area contributed by atoms with E-state index in [1.807, 2.05) is 18.2 Å². The molecule has 0 radical (unpaired) electrons. The Morgan fingerprint density at radius 3 is 3.14 bits per heavy atom. The van der Waals surface area contributed by atoms with E-state index in [2.05, 4.69) is 29.4 Å². The summed E-state index contributed by atoms with van der Waals surface area (Å²) in [4.78, 5) is 4.45. The Morgan fingerprint density at radius 1 is 1.33 bits per heavy atom. The van der Waals surface area contributed by atoms with Crippen LogP contribution >= 0.6 is 0 Å². The van der Waals surface area contributed by atoms with Crippen LogP contribution < -0.4 is 10.1 Å². The second-order valence-corrected chi connectivity index (χ2v) is 5.41. The average Bonchev–Trinajstić information content (AvgIpc) is 2.54. The first-order valence-corrected chi connectivity index (χ1v) is 7.70. The molecule has 1 aliphatic heterocycles. The van der Waals surface area contributed by atoms with Crippen LogP contribution in [0.3, 0.4) is 0 Å². The summed E-state index contributed by atoms with van der Waals surface area (Å²) in [6, 6.07) is 10.4. The van der Waals surface area contributed by atoms with Gasteiger partial charge in [-0.3, -0.25) is 4.98 Å². The Hall–Kier alpha value is -1.65. The maximum atomic E-state index is 6.23. The molecule has 1 aromatic heterocycles. The van der Waals surface area contributed by atoms with Crippen LogP contribution in [-0.4, -0.2) is 36.9 Å². The van der Waals surface area contributed by atoms with Gasteiger partial charge in [0, 0.05) is 24.2 Å². The van der Waals surface area contributed by atoms with Crippen molar-refractivity contribution in [3.8, 4) is 5.75 Å². The molecule has 112 valence electrons. The molecule has 4 heteroatoms. The number of benzene rings is 1. The van der Waals surface area contributed by atoms with E-state index >= 15 is 0 Å². The van der Waals surface area contributed by atoms with Gasteiger partial charge in [-0.1, -0.05) is 25.1 Å². The van der Waals surface area contributed by atoms with Crippen molar-refractivity contribution in [2.45, 2.75) is 31.9 Å². The Bertz CT molecular complexity index is 583. The molecule has 21 heavy (non-hydrogen) atoms. The largest absolute Gasteiger partial charge is 0.484 e. The summed E-state index contributed by atoms with van der Waals surface area (Å²) in [6.45, 7) is 4.62. The molecule has 3 rings (SSSR count). The molecular formula is C17H22N2O2. The zero-order valence-electron chi connectivity index (χ0n) is 12.4. The van der Waals surface area contributed by atoms with Gasteiger partial charge in [0.2, 0.25) is 0 Å². The van der Waals surface area contributed by atoms with Gasteiger partial charge in [0.15, 0.2) is 0 Å². The molecule has 1 N–H and O–H groups in total. The minimum atomic E-state index is 0.0397. The van der Waals surface area contributed by atoms with Gasteiger partial charge in [-0.25, -0.2) is 0 Å². The molecule has 0 saturated carbocycles. The third kappa shape index (κ3) is 3.34. The topological polar surface area (TPSA) is 43.4 Å². The molecule has 4 nitrogen and oxygen atoms in total. The van der Waals surface area contributed by atoms with Crippen LogP contribution in [0.1, 0.15) is 19.8 Å². The molecule has 1 saturated heterocycles. The van der Waals surface area contributed by atoms with Gasteiger partial charge in [-0.15, -0.1) is 0 Å². The van der Waals surface area contributed by atoms with Crippen molar-refractivity contribution in [2.75, 3.05) is 19.8 Å². The van der Waals surface area contributed by atoms with Crippen LogP contribution in [-0.2, 0) is 4.74 Å². The summed E-state index contributed by atoms with van der Waals surface area (Å²) in [5, 5.41) is 4.67. The van der Waals surface area contributed by atoms with Gasteiger partial charge in [0.1, 0.15) is 17.4 Å². The lowest BCUT2D eigenvalue weighted by atomic mass is 10.1. The van der Waals surface area contributed by atoms with Gasteiger partial charge in [0.25, 0.3) is 0 Å². The van der Waals surface area contributed by atoms with E-state index in [1.165, 1.54) is 0 Å². The van der Waals surface area contributed by atoms with Gasteiger partial charge in [0.05, 0.1) is 6.61 Å². The lowest BCUT2D eigenvalue weighted by Gasteiger charge is -2.32. The fraction of sp³-hybridized carbons (Fsp3) is 0.471. The first-order chi connectivity index (χ1) is 10.4. The van der Waals surface area contributed by atoms with Crippen LogP contribution in [0.5, 0.6) is 5.75 Å². The quantitative estimate of drug-likeness (QED) is 0.918. The van der Waals surface area contributed by atoms with Crippen LogP contribution in [0.4, 0.5) is 0 Å². The van der Waals surface area contributed by atoms with Crippen LogP contribution in [0.2, 0.25) is 0 Å². The van der Waals surface area contributed by atoms with E-state index in [-0.39, 0.29) is 6.10 Å². The first kappa shape index (κ1) is 14.3. The fourth-order valence-electron chi connectivity index (χ4n) is 2.73. The number of hydrogen-bond acceptors (Lipinski definition) is 4. The van der Waals surface area contributed by atoms with E-state index < -0.39 is 0 Å². The molecule has 0 bridgehead atoms. The zero-order valence-corrected chi connectivity index (χ0v) is 12.4. The lowest BCUT2D eigenvalue weighted by Crippen LogP contribution is -2.49.